The van der Waals surface area contributed by atoms with E-state index in [-0.39, 0.29) is 0 Å². The van der Waals surface area contributed by atoms with Crippen molar-refractivity contribution >= 4 is 11.6 Å². The fourth-order valence-electron chi connectivity index (χ4n) is 2.35. The third-order valence-corrected chi connectivity index (χ3v) is 3.83. The maximum absolute atomic E-state index is 5.97. The van der Waals surface area contributed by atoms with Crippen molar-refractivity contribution in [2.45, 2.75) is 19.7 Å². The van der Waals surface area contributed by atoms with Crippen molar-refractivity contribution in [3.8, 4) is 5.75 Å². The summed E-state index contributed by atoms with van der Waals surface area (Å²) in [7, 11) is 0. The fraction of sp³-hybridized carbons (Fsp3) is 0.150. The van der Waals surface area contributed by atoms with Crippen LogP contribution in [0.15, 0.2) is 73.1 Å². The van der Waals surface area contributed by atoms with Gasteiger partial charge in [0.1, 0.15) is 12.4 Å². The van der Waals surface area contributed by atoms with Crippen LogP contribution < -0.4 is 10.1 Å². The molecule has 0 spiro atoms. The van der Waals surface area contributed by atoms with Crippen LogP contribution in [0.4, 0.5) is 0 Å². The van der Waals surface area contributed by atoms with Crippen LogP contribution in [0.25, 0.3) is 0 Å². The van der Waals surface area contributed by atoms with Crippen molar-refractivity contribution in [3.05, 3.63) is 94.8 Å². The Hall–Kier alpha value is -2.36. The van der Waals surface area contributed by atoms with Crippen LogP contribution in [0.5, 0.6) is 5.75 Å². The van der Waals surface area contributed by atoms with Gasteiger partial charge in [-0.2, -0.15) is 0 Å². The Labute approximate surface area is 147 Å². The summed E-state index contributed by atoms with van der Waals surface area (Å²) >= 11 is 5.97. The molecule has 3 aromatic rings. The molecule has 0 saturated carbocycles. The third-order valence-electron chi connectivity index (χ3n) is 3.60. The number of halogens is 1. The Kier molecular flexibility index (Phi) is 5.83. The van der Waals surface area contributed by atoms with E-state index in [4.69, 9.17) is 16.3 Å². The molecule has 0 atom stereocenters. The molecule has 0 fully saturated rings. The first-order valence-electron chi connectivity index (χ1n) is 7.85. The summed E-state index contributed by atoms with van der Waals surface area (Å²) < 4.78 is 5.79. The highest BCUT2D eigenvalue weighted by Crippen LogP contribution is 2.16. The number of nitrogens with zero attached hydrogens (tertiary/aromatic N) is 1. The van der Waals surface area contributed by atoms with E-state index >= 15 is 0 Å². The molecule has 0 bridgehead atoms. The molecule has 0 amide bonds. The third kappa shape index (κ3) is 5.08. The van der Waals surface area contributed by atoms with Crippen molar-refractivity contribution in [2.24, 2.45) is 0 Å². The molecule has 3 rings (SSSR count). The Morgan fingerprint density at radius 3 is 2.42 bits per heavy atom. The summed E-state index contributed by atoms with van der Waals surface area (Å²) in [5, 5.41) is 4.13. The summed E-state index contributed by atoms with van der Waals surface area (Å²) in [4.78, 5) is 4.11. The fourth-order valence-corrected chi connectivity index (χ4v) is 2.56. The minimum atomic E-state index is 0.513. The van der Waals surface area contributed by atoms with E-state index in [0.717, 1.165) is 29.4 Å². The molecule has 122 valence electrons. The monoisotopic (exact) mass is 338 g/mol. The average molecular weight is 339 g/mol. The Morgan fingerprint density at radius 2 is 1.67 bits per heavy atom. The van der Waals surface area contributed by atoms with Crippen LogP contribution >= 0.6 is 11.6 Å². The second kappa shape index (κ2) is 8.48. The zero-order chi connectivity index (χ0) is 16.6. The summed E-state index contributed by atoms with van der Waals surface area (Å²) in [6, 6.07) is 19.8. The molecule has 0 aliphatic heterocycles. The number of ether oxygens (including phenoxy) is 1. The molecule has 0 saturated heterocycles. The maximum Gasteiger partial charge on any atom is 0.119 e. The van der Waals surface area contributed by atoms with E-state index in [1.165, 1.54) is 11.1 Å². The van der Waals surface area contributed by atoms with Gasteiger partial charge in [0.05, 0.1) is 0 Å². The first-order valence-corrected chi connectivity index (χ1v) is 8.23. The van der Waals surface area contributed by atoms with Crippen molar-refractivity contribution in [3.63, 3.8) is 0 Å². The number of benzene rings is 2. The highest BCUT2D eigenvalue weighted by Gasteiger charge is 1.99. The van der Waals surface area contributed by atoms with Gasteiger partial charge < -0.3 is 10.1 Å². The van der Waals surface area contributed by atoms with Gasteiger partial charge in [0.2, 0.25) is 0 Å². The molecular formula is C20H19ClN2O. The molecule has 4 heteroatoms. The molecule has 24 heavy (non-hydrogen) atoms. The van der Waals surface area contributed by atoms with Gasteiger partial charge in [0.15, 0.2) is 0 Å². The lowest BCUT2D eigenvalue weighted by atomic mass is 10.2. The lowest BCUT2D eigenvalue weighted by Crippen LogP contribution is -2.12. The van der Waals surface area contributed by atoms with Crippen molar-refractivity contribution in [1.82, 2.24) is 10.3 Å². The number of rotatable bonds is 7. The molecule has 2 aromatic carbocycles. The predicted octanol–water partition coefficient (Wildman–Crippen LogP) is 4.60. The first kappa shape index (κ1) is 16.5. The molecule has 1 heterocycles. The molecular weight excluding hydrogens is 320 g/mol. The van der Waals surface area contributed by atoms with Crippen molar-refractivity contribution in [2.75, 3.05) is 0 Å². The number of hydrogen-bond acceptors (Lipinski definition) is 3. The predicted molar refractivity (Wildman–Crippen MR) is 97.0 cm³/mol. The molecule has 3 nitrogen and oxygen atoms in total. The van der Waals surface area contributed by atoms with Gasteiger partial charge in [-0.05, 0) is 47.0 Å². The summed E-state index contributed by atoms with van der Waals surface area (Å²) in [5.74, 6) is 0.853. The summed E-state index contributed by atoms with van der Waals surface area (Å²) in [6.45, 7) is 2.13. The quantitative estimate of drug-likeness (QED) is 0.683. The molecule has 0 unspecified atom stereocenters. The minimum Gasteiger partial charge on any atom is -0.489 e. The normalized spacial score (nSPS) is 10.5. The topological polar surface area (TPSA) is 34.1 Å². The van der Waals surface area contributed by atoms with Gasteiger partial charge in [-0.15, -0.1) is 0 Å². The summed E-state index contributed by atoms with van der Waals surface area (Å²) in [6.07, 6.45) is 3.66. The molecule has 0 aliphatic carbocycles. The zero-order valence-electron chi connectivity index (χ0n) is 13.3. The number of nitrogens with one attached hydrogen (secondary N) is 1. The molecule has 1 N–H and O–H groups in total. The van der Waals surface area contributed by atoms with Gasteiger partial charge in [-0.3, -0.25) is 4.98 Å². The number of aromatic nitrogens is 1. The largest absolute Gasteiger partial charge is 0.489 e. The first-order chi connectivity index (χ1) is 11.8. The molecule has 0 radical (unpaired) electrons. The highest BCUT2D eigenvalue weighted by atomic mass is 35.5. The number of hydrogen-bond donors (Lipinski definition) is 1. The average Bonchev–Trinajstić information content (AvgIpc) is 2.62. The number of pyridine rings is 1. The molecule has 0 aliphatic rings. The lowest BCUT2D eigenvalue weighted by molar-refractivity contribution is 0.306. The van der Waals surface area contributed by atoms with Gasteiger partial charge in [0.25, 0.3) is 0 Å². The van der Waals surface area contributed by atoms with E-state index in [1.54, 1.807) is 6.20 Å². The Bertz CT molecular complexity index is 760. The van der Waals surface area contributed by atoms with Crippen LogP contribution in [0.1, 0.15) is 16.7 Å². The van der Waals surface area contributed by atoms with Gasteiger partial charge in [0, 0.05) is 30.5 Å². The SMILES string of the molecule is Clc1cccc(COc2ccc(CNCc3cccnc3)cc2)c1. The van der Waals surface area contributed by atoms with Crippen LogP contribution in [0, 0.1) is 0 Å². The van der Waals surface area contributed by atoms with E-state index in [1.807, 2.05) is 48.7 Å². The van der Waals surface area contributed by atoms with Crippen LogP contribution in [-0.2, 0) is 19.7 Å². The van der Waals surface area contributed by atoms with Crippen molar-refractivity contribution < 1.29 is 4.74 Å². The van der Waals surface area contributed by atoms with Gasteiger partial charge >= 0.3 is 0 Å². The van der Waals surface area contributed by atoms with Gasteiger partial charge in [-0.1, -0.05) is 41.9 Å². The maximum atomic E-state index is 5.97. The highest BCUT2D eigenvalue weighted by molar-refractivity contribution is 6.30. The van der Waals surface area contributed by atoms with E-state index < -0.39 is 0 Å². The second-order valence-electron chi connectivity index (χ2n) is 5.53. The van der Waals surface area contributed by atoms with Crippen LogP contribution in [0.2, 0.25) is 5.02 Å². The van der Waals surface area contributed by atoms with E-state index in [0.29, 0.717) is 6.61 Å². The van der Waals surface area contributed by atoms with Crippen molar-refractivity contribution in [1.29, 1.82) is 0 Å². The Morgan fingerprint density at radius 1 is 0.875 bits per heavy atom. The standard InChI is InChI=1S/C20H19ClN2O/c21-19-5-1-3-17(11-19)15-24-20-8-6-16(7-9-20)12-23-14-18-4-2-10-22-13-18/h1-11,13,23H,12,14-15H2. The van der Waals surface area contributed by atoms with Crippen LogP contribution in [-0.4, -0.2) is 4.98 Å². The van der Waals surface area contributed by atoms with E-state index in [9.17, 15) is 0 Å². The molecule has 1 aromatic heterocycles. The smallest absolute Gasteiger partial charge is 0.119 e. The second-order valence-corrected chi connectivity index (χ2v) is 5.96. The van der Waals surface area contributed by atoms with Crippen LogP contribution in [0.3, 0.4) is 0 Å². The van der Waals surface area contributed by atoms with E-state index in [2.05, 4.69) is 28.5 Å². The van der Waals surface area contributed by atoms with Gasteiger partial charge in [-0.25, -0.2) is 0 Å². The zero-order valence-corrected chi connectivity index (χ0v) is 14.0. The summed E-state index contributed by atoms with van der Waals surface area (Å²) in [5.41, 5.74) is 3.46. The Balaban J connectivity index is 1.46. The lowest BCUT2D eigenvalue weighted by Gasteiger charge is -2.08. The minimum absolute atomic E-state index is 0.513.